The van der Waals surface area contributed by atoms with Crippen LogP contribution in [0, 0.1) is 5.92 Å². The van der Waals surface area contributed by atoms with Crippen LogP contribution in [0.5, 0.6) is 0 Å². The van der Waals surface area contributed by atoms with Gasteiger partial charge in [0, 0.05) is 28.7 Å². The summed E-state index contributed by atoms with van der Waals surface area (Å²) >= 11 is 11.8. The predicted molar refractivity (Wildman–Crippen MR) is 81.2 cm³/mol. The van der Waals surface area contributed by atoms with Gasteiger partial charge >= 0.3 is 0 Å². The van der Waals surface area contributed by atoms with E-state index in [1.165, 1.54) is 4.90 Å². The normalized spacial score (nSPS) is 18.8. The van der Waals surface area contributed by atoms with Gasteiger partial charge in [-0.05, 0) is 31.0 Å². The average molecular weight is 336 g/mol. The minimum Gasteiger partial charge on any atom is -0.315 e. The van der Waals surface area contributed by atoms with Crippen LogP contribution in [-0.4, -0.2) is 32.9 Å². The zero-order valence-corrected chi connectivity index (χ0v) is 13.3. The number of hydrogen-bond acceptors (Lipinski definition) is 3. The van der Waals surface area contributed by atoms with E-state index < -0.39 is 9.84 Å². The first kappa shape index (κ1) is 15.6. The maximum Gasteiger partial charge on any atom is 0.229 e. The summed E-state index contributed by atoms with van der Waals surface area (Å²) in [5, 5.41) is 0.914. The lowest BCUT2D eigenvalue weighted by molar-refractivity contribution is -0.122. The highest BCUT2D eigenvalue weighted by molar-refractivity contribution is 7.91. The Bertz CT molecular complexity index is 596. The van der Waals surface area contributed by atoms with Gasteiger partial charge in [-0.15, -0.1) is 0 Å². The van der Waals surface area contributed by atoms with Crippen LogP contribution in [0.4, 0.5) is 5.69 Å². The van der Waals surface area contributed by atoms with Crippen LogP contribution in [-0.2, 0) is 14.6 Å². The summed E-state index contributed by atoms with van der Waals surface area (Å²) in [7, 11) is -1.32. The number of hydrogen-bond donors (Lipinski definition) is 0. The standard InChI is InChI=1S/C13H15Cl2NO3S/c1-16(12-7-10(14)6-11(15)8-12)13(17)9-2-4-20(18,19)5-3-9/h6-9H,2-5H2,1H3. The summed E-state index contributed by atoms with van der Waals surface area (Å²) in [4.78, 5) is 13.9. The molecule has 0 aromatic heterocycles. The second-order valence-electron chi connectivity index (χ2n) is 4.95. The van der Waals surface area contributed by atoms with Crippen molar-refractivity contribution in [2.45, 2.75) is 12.8 Å². The Morgan fingerprint density at radius 3 is 2.15 bits per heavy atom. The minimum atomic E-state index is -2.97. The van der Waals surface area contributed by atoms with Crippen LogP contribution in [0.3, 0.4) is 0 Å². The van der Waals surface area contributed by atoms with Gasteiger partial charge in [0.05, 0.1) is 11.5 Å². The van der Waals surface area contributed by atoms with E-state index in [0.29, 0.717) is 28.6 Å². The van der Waals surface area contributed by atoms with Crippen molar-refractivity contribution in [1.82, 2.24) is 0 Å². The Balaban J connectivity index is 2.13. The number of carbonyl (C=O) groups is 1. The second kappa shape index (κ2) is 5.92. The lowest BCUT2D eigenvalue weighted by Gasteiger charge is -2.26. The van der Waals surface area contributed by atoms with Gasteiger partial charge in [-0.3, -0.25) is 4.79 Å². The van der Waals surface area contributed by atoms with E-state index in [2.05, 4.69) is 0 Å². The Morgan fingerprint density at radius 1 is 1.15 bits per heavy atom. The molecule has 1 aromatic rings. The molecule has 4 nitrogen and oxygen atoms in total. The molecule has 1 saturated heterocycles. The van der Waals surface area contributed by atoms with Crippen LogP contribution in [0.2, 0.25) is 10.0 Å². The first-order chi connectivity index (χ1) is 9.28. The van der Waals surface area contributed by atoms with Crippen LogP contribution in [0.25, 0.3) is 0 Å². The molecule has 1 aliphatic rings. The van der Waals surface area contributed by atoms with Gasteiger partial charge in [0.25, 0.3) is 0 Å². The van der Waals surface area contributed by atoms with E-state index in [4.69, 9.17) is 23.2 Å². The van der Waals surface area contributed by atoms with Gasteiger partial charge in [-0.2, -0.15) is 0 Å². The highest BCUT2D eigenvalue weighted by Gasteiger charge is 2.30. The molecule has 0 N–H and O–H groups in total. The molecule has 0 aliphatic carbocycles. The van der Waals surface area contributed by atoms with Crippen molar-refractivity contribution in [3.05, 3.63) is 28.2 Å². The lowest BCUT2D eigenvalue weighted by atomic mass is 10.0. The topological polar surface area (TPSA) is 54.5 Å². The van der Waals surface area contributed by atoms with Gasteiger partial charge in [-0.25, -0.2) is 8.42 Å². The highest BCUT2D eigenvalue weighted by atomic mass is 35.5. The van der Waals surface area contributed by atoms with E-state index in [1.54, 1.807) is 25.2 Å². The number of halogens is 2. The molecule has 1 fully saturated rings. The molecule has 0 spiro atoms. The van der Waals surface area contributed by atoms with E-state index in [1.807, 2.05) is 0 Å². The molecule has 2 rings (SSSR count). The quantitative estimate of drug-likeness (QED) is 0.834. The summed E-state index contributed by atoms with van der Waals surface area (Å²) in [5.41, 5.74) is 0.612. The highest BCUT2D eigenvalue weighted by Crippen LogP contribution is 2.28. The van der Waals surface area contributed by atoms with Crippen molar-refractivity contribution in [2.75, 3.05) is 23.5 Å². The van der Waals surface area contributed by atoms with Crippen LogP contribution in [0.1, 0.15) is 12.8 Å². The molecular weight excluding hydrogens is 321 g/mol. The SMILES string of the molecule is CN(C(=O)C1CCS(=O)(=O)CC1)c1cc(Cl)cc(Cl)c1. The monoisotopic (exact) mass is 335 g/mol. The predicted octanol–water partition coefficient (Wildman–Crippen LogP) is 2.78. The molecule has 110 valence electrons. The molecule has 0 atom stereocenters. The number of sulfone groups is 1. The maximum atomic E-state index is 12.4. The molecule has 1 aliphatic heterocycles. The van der Waals surface area contributed by atoms with Gasteiger partial charge < -0.3 is 4.90 Å². The fraction of sp³-hybridized carbons (Fsp3) is 0.462. The third kappa shape index (κ3) is 3.65. The van der Waals surface area contributed by atoms with Crippen LogP contribution < -0.4 is 4.90 Å². The minimum absolute atomic E-state index is 0.0769. The summed E-state index contributed by atoms with van der Waals surface area (Å²) in [5.74, 6) is -0.208. The lowest BCUT2D eigenvalue weighted by Crippen LogP contribution is -2.37. The molecule has 20 heavy (non-hydrogen) atoms. The summed E-state index contributed by atoms with van der Waals surface area (Å²) in [6.45, 7) is 0. The number of anilines is 1. The van der Waals surface area contributed by atoms with Gasteiger partial charge in [-0.1, -0.05) is 23.2 Å². The molecular formula is C13H15Cl2NO3S. The fourth-order valence-corrected chi connectivity index (χ4v) is 4.28. The zero-order valence-electron chi connectivity index (χ0n) is 11.0. The summed E-state index contributed by atoms with van der Waals surface area (Å²) < 4.78 is 22.8. The van der Waals surface area contributed by atoms with Crippen LogP contribution in [0.15, 0.2) is 18.2 Å². The first-order valence-corrected chi connectivity index (χ1v) is 8.80. The summed E-state index contributed by atoms with van der Waals surface area (Å²) in [6.07, 6.45) is 0.750. The zero-order chi connectivity index (χ0) is 14.9. The Kier molecular flexibility index (Phi) is 4.62. The van der Waals surface area contributed by atoms with Crippen molar-refractivity contribution in [2.24, 2.45) is 5.92 Å². The molecule has 7 heteroatoms. The number of nitrogens with zero attached hydrogens (tertiary/aromatic N) is 1. The van der Waals surface area contributed by atoms with Crippen molar-refractivity contribution in [1.29, 1.82) is 0 Å². The average Bonchev–Trinajstić information content (AvgIpc) is 2.36. The van der Waals surface area contributed by atoms with E-state index in [-0.39, 0.29) is 23.3 Å². The van der Waals surface area contributed by atoms with Crippen molar-refractivity contribution in [3.63, 3.8) is 0 Å². The van der Waals surface area contributed by atoms with Crippen molar-refractivity contribution in [3.8, 4) is 0 Å². The molecule has 1 aromatic carbocycles. The molecule has 0 radical (unpaired) electrons. The van der Waals surface area contributed by atoms with Crippen molar-refractivity contribution < 1.29 is 13.2 Å². The number of rotatable bonds is 2. The third-order valence-corrected chi connectivity index (χ3v) is 5.62. The van der Waals surface area contributed by atoms with Crippen molar-refractivity contribution >= 4 is 44.6 Å². The Hall–Kier alpha value is -0.780. The van der Waals surface area contributed by atoms with Gasteiger partial charge in [0.2, 0.25) is 5.91 Å². The fourth-order valence-electron chi connectivity index (χ4n) is 2.27. The third-order valence-electron chi connectivity index (χ3n) is 3.47. The number of carbonyl (C=O) groups excluding carboxylic acids is 1. The number of benzene rings is 1. The molecule has 1 heterocycles. The van der Waals surface area contributed by atoms with Crippen LogP contribution >= 0.6 is 23.2 Å². The number of amides is 1. The Labute approximate surface area is 128 Å². The Morgan fingerprint density at radius 2 is 1.65 bits per heavy atom. The smallest absolute Gasteiger partial charge is 0.229 e. The molecule has 1 amide bonds. The summed E-state index contributed by atoms with van der Waals surface area (Å²) in [6, 6.07) is 4.91. The molecule has 0 unspecified atom stereocenters. The van der Waals surface area contributed by atoms with E-state index in [9.17, 15) is 13.2 Å². The molecule has 0 saturated carbocycles. The second-order valence-corrected chi connectivity index (χ2v) is 8.13. The largest absolute Gasteiger partial charge is 0.315 e. The maximum absolute atomic E-state index is 12.4. The van der Waals surface area contributed by atoms with E-state index in [0.717, 1.165) is 0 Å². The van der Waals surface area contributed by atoms with E-state index >= 15 is 0 Å². The molecule has 0 bridgehead atoms. The van der Waals surface area contributed by atoms with Gasteiger partial charge in [0.15, 0.2) is 0 Å². The first-order valence-electron chi connectivity index (χ1n) is 6.22. The van der Waals surface area contributed by atoms with Gasteiger partial charge in [0.1, 0.15) is 9.84 Å².